The van der Waals surface area contributed by atoms with E-state index in [1.54, 1.807) is 11.6 Å². The number of nitrogens with one attached hydrogen (secondary N) is 1. The third-order valence-electron chi connectivity index (χ3n) is 5.29. The van der Waals surface area contributed by atoms with Gasteiger partial charge >= 0.3 is 0 Å². The van der Waals surface area contributed by atoms with E-state index in [9.17, 15) is 17.6 Å². The van der Waals surface area contributed by atoms with Crippen molar-refractivity contribution in [2.45, 2.75) is 17.0 Å². The van der Waals surface area contributed by atoms with E-state index < -0.39 is 27.8 Å². The van der Waals surface area contributed by atoms with Gasteiger partial charge in [-0.2, -0.15) is 4.31 Å². The Balaban J connectivity index is 1.63. The summed E-state index contributed by atoms with van der Waals surface area (Å²) >= 11 is 6.03. The molecule has 2 unspecified atom stereocenters. The van der Waals surface area contributed by atoms with Crippen LogP contribution in [0.25, 0.3) is 0 Å². The van der Waals surface area contributed by atoms with Gasteiger partial charge in [-0.05, 0) is 23.8 Å². The molecule has 3 aromatic rings. The lowest BCUT2D eigenvalue weighted by Gasteiger charge is -2.20. The molecule has 31 heavy (non-hydrogen) atoms. The van der Waals surface area contributed by atoms with Gasteiger partial charge in [0.25, 0.3) is 15.9 Å². The number of amides is 1. The number of carbonyl (C=O) groups is 1. The molecule has 4 rings (SSSR count). The van der Waals surface area contributed by atoms with Crippen molar-refractivity contribution in [3.05, 3.63) is 83.0 Å². The smallest absolute Gasteiger partial charge is 0.262 e. The number of benzene rings is 2. The highest BCUT2D eigenvalue weighted by molar-refractivity contribution is 7.89. The Hall–Kier alpha value is -2.75. The summed E-state index contributed by atoms with van der Waals surface area (Å²) in [6.45, 7) is 0.258. The number of hydrogen-bond acceptors (Lipinski definition) is 4. The highest BCUT2D eigenvalue weighted by Gasteiger charge is 2.41. The SMILES string of the molecule is Cn1cnc(S(=O)(=O)N2CC(NC(=O)c3ccc(F)cc3Cl)C(c3ccccc3)C2)c1. The maximum Gasteiger partial charge on any atom is 0.262 e. The maximum atomic E-state index is 13.3. The van der Waals surface area contributed by atoms with E-state index in [0.717, 1.165) is 17.7 Å². The molecule has 0 aliphatic carbocycles. The molecule has 2 aromatic carbocycles. The van der Waals surface area contributed by atoms with Crippen LogP contribution < -0.4 is 5.32 Å². The number of carbonyl (C=O) groups excluding carboxylic acids is 1. The number of halogens is 2. The minimum Gasteiger partial charge on any atom is -0.347 e. The van der Waals surface area contributed by atoms with Crippen molar-refractivity contribution in [1.82, 2.24) is 19.2 Å². The van der Waals surface area contributed by atoms with Gasteiger partial charge in [0.2, 0.25) is 0 Å². The molecule has 1 N–H and O–H groups in total. The lowest BCUT2D eigenvalue weighted by atomic mass is 9.94. The molecular formula is C21H20ClFN4O3S. The summed E-state index contributed by atoms with van der Waals surface area (Å²) in [5.74, 6) is -1.31. The first-order valence-corrected chi connectivity index (χ1v) is 11.4. The average Bonchev–Trinajstić information content (AvgIpc) is 3.36. The molecule has 0 saturated carbocycles. The summed E-state index contributed by atoms with van der Waals surface area (Å²) in [5.41, 5.74) is 1.03. The molecule has 10 heteroatoms. The van der Waals surface area contributed by atoms with E-state index >= 15 is 0 Å². The van der Waals surface area contributed by atoms with Gasteiger partial charge in [0, 0.05) is 32.3 Å². The predicted molar refractivity (Wildman–Crippen MR) is 114 cm³/mol. The molecule has 2 heterocycles. The van der Waals surface area contributed by atoms with Crippen LogP contribution in [0.3, 0.4) is 0 Å². The zero-order chi connectivity index (χ0) is 22.2. The van der Waals surface area contributed by atoms with Gasteiger partial charge in [0.15, 0.2) is 5.03 Å². The molecule has 7 nitrogen and oxygen atoms in total. The zero-order valence-electron chi connectivity index (χ0n) is 16.6. The van der Waals surface area contributed by atoms with Crippen LogP contribution in [0.2, 0.25) is 5.02 Å². The number of imidazole rings is 1. The monoisotopic (exact) mass is 462 g/mol. The van der Waals surface area contributed by atoms with E-state index in [4.69, 9.17) is 11.6 Å². The van der Waals surface area contributed by atoms with E-state index in [2.05, 4.69) is 10.3 Å². The van der Waals surface area contributed by atoms with E-state index in [1.807, 2.05) is 30.3 Å². The van der Waals surface area contributed by atoms with Crippen molar-refractivity contribution < 1.29 is 17.6 Å². The van der Waals surface area contributed by atoms with Crippen LogP contribution >= 0.6 is 11.6 Å². The Morgan fingerprint density at radius 2 is 1.94 bits per heavy atom. The molecule has 0 radical (unpaired) electrons. The van der Waals surface area contributed by atoms with Gasteiger partial charge < -0.3 is 9.88 Å². The molecule has 1 aliphatic rings. The van der Waals surface area contributed by atoms with Crippen molar-refractivity contribution in [3.63, 3.8) is 0 Å². The van der Waals surface area contributed by atoms with Crippen molar-refractivity contribution in [2.24, 2.45) is 7.05 Å². The molecule has 1 saturated heterocycles. The second-order valence-corrected chi connectivity index (χ2v) is 9.71. The van der Waals surface area contributed by atoms with Crippen molar-refractivity contribution in [3.8, 4) is 0 Å². The summed E-state index contributed by atoms with van der Waals surface area (Å²) in [6, 6.07) is 12.4. The highest BCUT2D eigenvalue weighted by Crippen LogP contribution is 2.31. The summed E-state index contributed by atoms with van der Waals surface area (Å²) in [5, 5.41) is 2.83. The number of aryl methyl sites for hydroxylation is 1. The first kappa shape index (κ1) is 21.5. The molecular weight excluding hydrogens is 443 g/mol. The Morgan fingerprint density at radius 3 is 2.58 bits per heavy atom. The molecule has 162 valence electrons. The van der Waals surface area contributed by atoms with Crippen LogP contribution in [-0.4, -0.2) is 47.3 Å². The Morgan fingerprint density at radius 1 is 1.19 bits per heavy atom. The van der Waals surface area contributed by atoms with E-state index in [-0.39, 0.29) is 34.6 Å². The fraction of sp³-hybridized carbons (Fsp3) is 0.238. The third kappa shape index (κ3) is 4.34. The number of nitrogens with zero attached hydrogens (tertiary/aromatic N) is 3. The van der Waals surface area contributed by atoms with Crippen LogP contribution in [0.5, 0.6) is 0 Å². The van der Waals surface area contributed by atoms with Crippen LogP contribution in [0.1, 0.15) is 21.8 Å². The summed E-state index contributed by atoms with van der Waals surface area (Å²) in [7, 11) is -2.14. The first-order valence-electron chi connectivity index (χ1n) is 9.54. The average molecular weight is 463 g/mol. The van der Waals surface area contributed by atoms with Crippen LogP contribution in [-0.2, 0) is 17.1 Å². The number of sulfonamides is 1. The van der Waals surface area contributed by atoms with Gasteiger partial charge in [-0.25, -0.2) is 17.8 Å². The number of rotatable bonds is 5. The molecule has 1 aromatic heterocycles. The number of aromatic nitrogens is 2. The number of hydrogen-bond donors (Lipinski definition) is 1. The van der Waals surface area contributed by atoms with Crippen molar-refractivity contribution in [2.75, 3.05) is 13.1 Å². The highest BCUT2D eigenvalue weighted by atomic mass is 35.5. The second-order valence-electron chi connectivity index (χ2n) is 7.42. The first-order chi connectivity index (χ1) is 14.8. The Kier molecular flexibility index (Phi) is 5.83. The van der Waals surface area contributed by atoms with Crippen molar-refractivity contribution in [1.29, 1.82) is 0 Å². The molecule has 1 fully saturated rings. The summed E-state index contributed by atoms with van der Waals surface area (Å²) < 4.78 is 42.4. The van der Waals surface area contributed by atoms with Gasteiger partial charge in [0.05, 0.1) is 23.0 Å². The Labute approximate surface area is 184 Å². The molecule has 2 atom stereocenters. The molecule has 1 aliphatic heterocycles. The fourth-order valence-electron chi connectivity index (χ4n) is 3.72. The maximum absolute atomic E-state index is 13.3. The predicted octanol–water partition coefficient (Wildman–Crippen LogP) is 2.80. The van der Waals surface area contributed by atoms with Gasteiger partial charge in [-0.1, -0.05) is 41.9 Å². The Bertz CT molecular complexity index is 1220. The van der Waals surface area contributed by atoms with Crippen LogP contribution in [0, 0.1) is 5.82 Å². The third-order valence-corrected chi connectivity index (χ3v) is 7.32. The topological polar surface area (TPSA) is 84.3 Å². The van der Waals surface area contributed by atoms with Crippen LogP contribution in [0.15, 0.2) is 66.1 Å². The van der Waals surface area contributed by atoms with Crippen LogP contribution in [0.4, 0.5) is 4.39 Å². The lowest BCUT2D eigenvalue weighted by molar-refractivity contribution is 0.0936. The lowest BCUT2D eigenvalue weighted by Crippen LogP contribution is -2.40. The van der Waals surface area contributed by atoms with E-state index in [0.29, 0.717) is 0 Å². The minimum absolute atomic E-state index is 0.00952. The summed E-state index contributed by atoms with van der Waals surface area (Å²) in [4.78, 5) is 16.8. The van der Waals surface area contributed by atoms with Crippen molar-refractivity contribution >= 4 is 27.5 Å². The molecule has 1 amide bonds. The second kappa shape index (κ2) is 8.41. The largest absolute Gasteiger partial charge is 0.347 e. The standard InChI is InChI=1S/C21H20ClFN4O3S/c1-26-12-20(24-13-26)31(29,30)27-10-17(14-5-3-2-4-6-14)19(11-27)25-21(28)16-8-7-15(23)9-18(16)22/h2-9,12-13,17,19H,10-11H2,1H3,(H,25,28). The quantitative estimate of drug-likeness (QED) is 0.632. The van der Waals surface area contributed by atoms with Gasteiger partial charge in [-0.3, -0.25) is 4.79 Å². The van der Waals surface area contributed by atoms with Gasteiger partial charge in [0.1, 0.15) is 5.82 Å². The molecule has 0 bridgehead atoms. The van der Waals surface area contributed by atoms with Gasteiger partial charge in [-0.15, -0.1) is 0 Å². The normalized spacial score (nSPS) is 19.5. The summed E-state index contributed by atoms with van der Waals surface area (Å²) in [6.07, 6.45) is 2.87. The minimum atomic E-state index is -3.83. The molecule has 0 spiro atoms. The zero-order valence-corrected chi connectivity index (χ0v) is 18.1. The fourth-order valence-corrected chi connectivity index (χ4v) is 5.43. The van der Waals surface area contributed by atoms with E-state index in [1.165, 1.54) is 22.9 Å².